The summed E-state index contributed by atoms with van der Waals surface area (Å²) in [6.45, 7) is 6.92. The van der Waals surface area contributed by atoms with Crippen LogP contribution in [0, 0.1) is 12.3 Å². The van der Waals surface area contributed by atoms with Crippen molar-refractivity contribution >= 4 is 11.9 Å². The Bertz CT molecular complexity index is 503. The summed E-state index contributed by atoms with van der Waals surface area (Å²) < 4.78 is 0. The van der Waals surface area contributed by atoms with Crippen molar-refractivity contribution in [3.8, 4) is 5.75 Å². The van der Waals surface area contributed by atoms with E-state index in [9.17, 15) is 14.7 Å². The molecule has 0 aliphatic heterocycles. The molecule has 0 fully saturated rings. The molecule has 1 atom stereocenters. The van der Waals surface area contributed by atoms with Crippen molar-refractivity contribution in [2.45, 2.75) is 33.7 Å². The summed E-state index contributed by atoms with van der Waals surface area (Å²) in [5, 5.41) is 21.0. The molecule has 5 heteroatoms. The summed E-state index contributed by atoms with van der Waals surface area (Å²) in [6, 6.07) is 3.35. The molecule has 0 spiro atoms. The van der Waals surface area contributed by atoms with E-state index in [0.717, 1.165) is 0 Å². The van der Waals surface area contributed by atoms with E-state index in [0.29, 0.717) is 11.1 Å². The summed E-state index contributed by atoms with van der Waals surface area (Å²) in [5.41, 5.74) is 0.357. The van der Waals surface area contributed by atoms with Gasteiger partial charge in [-0.05, 0) is 36.1 Å². The second kappa shape index (κ2) is 5.30. The van der Waals surface area contributed by atoms with Gasteiger partial charge in [-0.2, -0.15) is 0 Å². The molecule has 0 aliphatic rings. The standard InChI is InChI=1S/C14H19NO4/c1-8-7-9(16)5-6-10(8)12(17)15-11(13(18)19)14(2,3)4/h5-7,11,16H,1-4H3,(H,15,17)(H,18,19)/t11-/m0/s1. The maximum Gasteiger partial charge on any atom is 0.326 e. The number of nitrogens with one attached hydrogen (secondary N) is 1. The lowest BCUT2D eigenvalue weighted by atomic mass is 9.86. The van der Waals surface area contributed by atoms with Crippen LogP contribution in [0.4, 0.5) is 0 Å². The molecule has 3 N–H and O–H groups in total. The summed E-state index contributed by atoms with van der Waals surface area (Å²) in [7, 11) is 0. The SMILES string of the molecule is Cc1cc(O)ccc1C(=O)N[C@@H](C(=O)O)C(C)(C)C. The number of rotatable bonds is 3. The van der Waals surface area contributed by atoms with Crippen molar-refractivity contribution in [2.24, 2.45) is 5.41 Å². The van der Waals surface area contributed by atoms with Crippen LogP contribution in [0.25, 0.3) is 0 Å². The average molecular weight is 265 g/mol. The van der Waals surface area contributed by atoms with E-state index in [-0.39, 0.29) is 5.75 Å². The maximum atomic E-state index is 12.1. The van der Waals surface area contributed by atoms with Gasteiger partial charge >= 0.3 is 5.97 Å². The molecule has 19 heavy (non-hydrogen) atoms. The third kappa shape index (κ3) is 3.71. The van der Waals surface area contributed by atoms with Crippen molar-refractivity contribution in [2.75, 3.05) is 0 Å². The lowest BCUT2D eigenvalue weighted by Crippen LogP contribution is -2.49. The number of carboxylic acids is 1. The Kier molecular flexibility index (Phi) is 4.19. The van der Waals surface area contributed by atoms with Crippen molar-refractivity contribution in [3.05, 3.63) is 29.3 Å². The number of carboxylic acid groups (broad SMARTS) is 1. The van der Waals surface area contributed by atoms with Crippen molar-refractivity contribution in [3.63, 3.8) is 0 Å². The number of carbonyl (C=O) groups is 2. The second-order valence-corrected chi connectivity index (χ2v) is 5.61. The highest BCUT2D eigenvalue weighted by atomic mass is 16.4. The van der Waals surface area contributed by atoms with E-state index in [1.807, 2.05) is 0 Å². The number of aromatic hydroxyl groups is 1. The van der Waals surface area contributed by atoms with E-state index in [1.54, 1.807) is 27.7 Å². The number of aliphatic carboxylic acids is 1. The topological polar surface area (TPSA) is 86.6 Å². The molecule has 0 bridgehead atoms. The number of phenolic OH excluding ortho intramolecular Hbond substituents is 1. The van der Waals surface area contributed by atoms with Gasteiger partial charge < -0.3 is 15.5 Å². The van der Waals surface area contributed by atoms with Crippen LogP contribution < -0.4 is 5.32 Å². The van der Waals surface area contributed by atoms with Gasteiger partial charge in [-0.3, -0.25) is 4.79 Å². The molecule has 0 saturated carbocycles. The van der Waals surface area contributed by atoms with Gasteiger partial charge in [-0.1, -0.05) is 20.8 Å². The van der Waals surface area contributed by atoms with Gasteiger partial charge in [0.05, 0.1) is 0 Å². The minimum atomic E-state index is -1.07. The van der Waals surface area contributed by atoms with Crippen molar-refractivity contribution in [1.82, 2.24) is 5.32 Å². The van der Waals surface area contributed by atoms with Crippen LogP contribution in [-0.2, 0) is 4.79 Å². The van der Waals surface area contributed by atoms with Crippen LogP contribution in [0.2, 0.25) is 0 Å². The molecule has 0 unspecified atom stereocenters. The van der Waals surface area contributed by atoms with Gasteiger partial charge in [0.25, 0.3) is 5.91 Å². The van der Waals surface area contributed by atoms with E-state index in [2.05, 4.69) is 5.32 Å². The highest BCUT2D eigenvalue weighted by molar-refractivity contribution is 5.98. The Morgan fingerprint density at radius 3 is 2.26 bits per heavy atom. The lowest BCUT2D eigenvalue weighted by Gasteiger charge is -2.28. The summed E-state index contributed by atoms with van der Waals surface area (Å²) >= 11 is 0. The predicted octanol–water partition coefficient (Wildman–Crippen LogP) is 1.93. The average Bonchev–Trinajstić information content (AvgIpc) is 2.23. The van der Waals surface area contributed by atoms with Crippen molar-refractivity contribution in [1.29, 1.82) is 0 Å². The number of hydrogen-bond donors (Lipinski definition) is 3. The zero-order valence-corrected chi connectivity index (χ0v) is 11.5. The van der Waals surface area contributed by atoms with Crippen LogP contribution in [0.15, 0.2) is 18.2 Å². The third-order valence-electron chi connectivity index (χ3n) is 2.84. The van der Waals surface area contributed by atoms with Crippen LogP contribution >= 0.6 is 0 Å². The predicted molar refractivity (Wildman–Crippen MR) is 71.2 cm³/mol. The molecular formula is C14H19NO4. The minimum absolute atomic E-state index is 0.0691. The van der Waals surface area contributed by atoms with Gasteiger partial charge in [-0.15, -0.1) is 0 Å². The number of benzene rings is 1. The number of hydrogen-bond acceptors (Lipinski definition) is 3. The number of carbonyl (C=O) groups excluding carboxylic acids is 1. The van der Waals surface area contributed by atoms with Crippen LogP contribution in [0.5, 0.6) is 5.75 Å². The van der Waals surface area contributed by atoms with E-state index >= 15 is 0 Å². The van der Waals surface area contributed by atoms with Crippen molar-refractivity contribution < 1.29 is 19.8 Å². The molecule has 0 radical (unpaired) electrons. The zero-order chi connectivity index (χ0) is 14.8. The largest absolute Gasteiger partial charge is 0.508 e. The molecule has 1 rings (SSSR count). The second-order valence-electron chi connectivity index (χ2n) is 5.61. The first-order chi connectivity index (χ1) is 8.62. The Balaban J connectivity index is 2.98. The molecule has 1 aromatic carbocycles. The smallest absolute Gasteiger partial charge is 0.326 e. The first-order valence-electron chi connectivity index (χ1n) is 5.96. The molecule has 0 aliphatic carbocycles. The fourth-order valence-electron chi connectivity index (χ4n) is 1.76. The van der Waals surface area contributed by atoms with Crippen LogP contribution in [0.1, 0.15) is 36.7 Å². The first-order valence-corrected chi connectivity index (χ1v) is 5.96. The van der Waals surface area contributed by atoms with Crippen LogP contribution in [0.3, 0.4) is 0 Å². The Hall–Kier alpha value is -2.04. The normalized spacial score (nSPS) is 12.8. The van der Waals surface area contributed by atoms with Gasteiger partial charge in [0.2, 0.25) is 0 Å². The molecule has 1 amide bonds. The van der Waals surface area contributed by atoms with Gasteiger partial charge in [0, 0.05) is 5.56 Å². The van der Waals surface area contributed by atoms with Gasteiger partial charge in [0.1, 0.15) is 11.8 Å². The zero-order valence-electron chi connectivity index (χ0n) is 11.5. The molecule has 0 heterocycles. The lowest BCUT2D eigenvalue weighted by molar-refractivity contribution is -0.142. The number of phenols is 1. The van der Waals surface area contributed by atoms with E-state index in [1.165, 1.54) is 18.2 Å². The minimum Gasteiger partial charge on any atom is -0.508 e. The third-order valence-corrected chi connectivity index (χ3v) is 2.84. The van der Waals surface area contributed by atoms with Gasteiger partial charge in [0.15, 0.2) is 0 Å². The monoisotopic (exact) mass is 265 g/mol. The number of amides is 1. The highest BCUT2D eigenvalue weighted by Gasteiger charge is 2.33. The summed E-state index contributed by atoms with van der Waals surface area (Å²) in [4.78, 5) is 23.3. The Morgan fingerprint density at radius 2 is 1.84 bits per heavy atom. The fraction of sp³-hybridized carbons (Fsp3) is 0.429. The van der Waals surface area contributed by atoms with Gasteiger partial charge in [-0.25, -0.2) is 4.79 Å². The molecule has 0 aromatic heterocycles. The van der Waals surface area contributed by atoms with Crippen LogP contribution in [-0.4, -0.2) is 28.1 Å². The molecular weight excluding hydrogens is 246 g/mol. The summed E-state index contributed by atoms with van der Waals surface area (Å²) in [5.74, 6) is -1.46. The summed E-state index contributed by atoms with van der Waals surface area (Å²) in [6.07, 6.45) is 0. The molecule has 5 nitrogen and oxygen atoms in total. The number of aryl methyl sites for hydroxylation is 1. The maximum absolute atomic E-state index is 12.1. The van der Waals surface area contributed by atoms with E-state index < -0.39 is 23.3 Å². The van der Waals surface area contributed by atoms with E-state index in [4.69, 9.17) is 5.11 Å². The quantitative estimate of drug-likeness (QED) is 0.779. The first kappa shape index (κ1) is 15.0. The molecule has 104 valence electrons. The molecule has 1 aromatic rings. The fourth-order valence-corrected chi connectivity index (χ4v) is 1.76. The highest BCUT2D eigenvalue weighted by Crippen LogP contribution is 2.21. The Morgan fingerprint density at radius 1 is 1.26 bits per heavy atom. The molecule has 0 saturated heterocycles. The Labute approximate surface area is 112 Å².